The van der Waals surface area contributed by atoms with Crippen molar-refractivity contribution in [3.63, 3.8) is 0 Å². The summed E-state index contributed by atoms with van der Waals surface area (Å²) < 4.78 is 1.77. The van der Waals surface area contributed by atoms with Gasteiger partial charge < -0.3 is 10.4 Å². The number of rotatable bonds is 6. The van der Waals surface area contributed by atoms with E-state index in [2.05, 4.69) is 10.4 Å². The zero-order chi connectivity index (χ0) is 13.5. The first-order valence-electron chi connectivity index (χ1n) is 6.27. The molecule has 2 rings (SSSR count). The van der Waals surface area contributed by atoms with Crippen molar-refractivity contribution in [2.45, 2.75) is 19.4 Å². The Kier molecular flexibility index (Phi) is 4.69. The predicted molar refractivity (Wildman–Crippen MR) is 71.7 cm³/mol. The Labute approximate surface area is 111 Å². The number of aromatic nitrogens is 2. The van der Waals surface area contributed by atoms with Gasteiger partial charge in [-0.3, -0.25) is 4.79 Å². The van der Waals surface area contributed by atoms with Crippen LogP contribution in [0.4, 0.5) is 0 Å². The highest BCUT2D eigenvalue weighted by Gasteiger charge is 2.06. The molecule has 0 aliphatic carbocycles. The van der Waals surface area contributed by atoms with Crippen molar-refractivity contribution in [1.82, 2.24) is 15.1 Å². The van der Waals surface area contributed by atoms with Crippen molar-refractivity contribution in [1.29, 1.82) is 0 Å². The molecule has 0 saturated heterocycles. The van der Waals surface area contributed by atoms with Crippen molar-refractivity contribution in [2.24, 2.45) is 0 Å². The maximum atomic E-state index is 11.5. The van der Waals surface area contributed by atoms with Crippen molar-refractivity contribution in [3.05, 3.63) is 48.3 Å². The Morgan fingerprint density at radius 3 is 2.89 bits per heavy atom. The van der Waals surface area contributed by atoms with Crippen LogP contribution in [-0.4, -0.2) is 27.4 Å². The molecule has 100 valence electrons. The van der Waals surface area contributed by atoms with Crippen LogP contribution >= 0.6 is 0 Å². The van der Waals surface area contributed by atoms with E-state index >= 15 is 0 Å². The van der Waals surface area contributed by atoms with Gasteiger partial charge in [-0.1, -0.05) is 18.2 Å². The van der Waals surface area contributed by atoms with E-state index in [-0.39, 0.29) is 12.5 Å². The van der Waals surface area contributed by atoms with Gasteiger partial charge >= 0.3 is 0 Å². The standard InChI is InChI=1S/C14H17N3O2/c18-10-3-7-14(19)15-11-12-5-1-2-6-13(12)17-9-4-8-16-17/h1-2,4-6,8-9,18H,3,7,10-11H2,(H,15,19). The number of carbonyl (C=O) groups is 1. The summed E-state index contributed by atoms with van der Waals surface area (Å²) >= 11 is 0. The summed E-state index contributed by atoms with van der Waals surface area (Å²) in [4.78, 5) is 11.5. The number of aliphatic hydroxyl groups excluding tert-OH is 1. The van der Waals surface area contributed by atoms with Crippen LogP contribution < -0.4 is 5.32 Å². The van der Waals surface area contributed by atoms with Crippen molar-refractivity contribution >= 4 is 5.91 Å². The molecule has 1 heterocycles. The normalized spacial score (nSPS) is 10.4. The van der Waals surface area contributed by atoms with Crippen LogP contribution in [-0.2, 0) is 11.3 Å². The molecular formula is C14H17N3O2. The molecule has 0 bridgehead atoms. The Bertz CT molecular complexity index is 523. The highest BCUT2D eigenvalue weighted by molar-refractivity contribution is 5.75. The van der Waals surface area contributed by atoms with E-state index < -0.39 is 0 Å². The molecule has 2 N–H and O–H groups in total. The Balaban J connectivity index is 2.03. The molecule has 0 fully saturated rings. The van der Waals surface area contributed by atoms with Crippen LogP contribution in [0.15, 0.2) is 42.7 Å². The first kappa shape index (κ1) is 13.3. The highest BCUT2D eigenvalue weighted by Crippen LogP contribution is 2.13. The Hall–Kier alpha value is -2.14. The van der Waals surface area contributed by atoms with Gasteiger partial charge in [-0.15, -0.1) is 0 Å². The molecule has 5 heteroatoms. The SMILES string of the molecule is O=C(CCCO)NCc1ccccc1-n1cccn1. The second-order valence-electron chi connectivity index (χ2n) is 4.18. The Morgan fingerprint density at radius 1 is 1.32 bits per heavy atom. The lowest BCUT2D eigenvalue weighted by Crippen LogP contribution is -2.23. The molecule has 1 aromatic heterocycles. The number of hydrogen-bond donors (Lipinski definition) is 2. The minimum absolute atomic E-state index is 0.0390. The number of carbonyl (C=O) groups excluding carboxylic acids is 1. The molecule has 0 aliphatic heterocycles. The number of nitrogens with zero attached hydrogens (tertiary/aromatic N) is 2. The van der Waals surface area contributed by atoms with E-state index in [4.69, 9.17) is 5.11 Å². The molecule has 0 radical (unpaired) electrons. The van der Waals surface area contributed by atoms with Gasteiger partial charge in [-0.2, -0.15) is 5.10 Å². The van der Waals surface area contributed by atoms with E-state index in [9.17, 15) is 4.79 Å². The number of benzene rings is 1. The minimum Gasteiger partial charge on any atom is -0.396 e. The average Bonchev–Trinajstić information content (AvgIpc) is 2.97. The van der Waals surface area contributed by atoms with E-state index in [0.717, 1.165) is 11.3 Å². The summed E-state index contributed by atoms with van der Waals surface area (Å²) in [5.74, 6) is -0.0516. The monoisotopic (exact) mass is 259 g/mol. The van der Waals surface area contributed by atoms with Gasteiger partial charge in [0.05, 0.1) is 5.69 Å². The lowest BCUT2D eigenvalue weighted by molar-refractivity contribution is -0.121. The topological polar surface area (TPSA) is 67.2 Å². The quantitative estimate of drug-likeness (QED) is 0.820. The van der Waals surface area contributed by atoms with Crippen LogP contribution in [0.25, 0.3) is 5.69 Å². The second-order valence-corrected chi connectivity index (χ2v) is 4.18. The zero-order valence-electron chi connectivity index (χ0n) is 10.6. The third kappa shape index (κ3) is 3.66. The molecule has 5 nitrogen and oxygen atoms in total. The number of nitrogens with one attached hydrogen (secondary N) is 1. The number of hydrogen-bond acceptors (Lipinski definition) is 3. The fourth-order valence-electron chi connectivity index (χ4n) is 1.82. The molecule has 0 saturated carbocycles. The van der Waals surface area contributed by atoms with Gasteiger partial charge in [-0.05, 0) is 24.1 Å². The largest absolute Gasteiger partial charge is 0.396 e. The predicted octanol–water partition coefficient (Wildman–Crippen LogP) is 1.26. The highest BCUT2D eigenvalue weighted by atomic mass is 16.3. The summed E-state index contributed by atoms with van der Waals surface area (Å²) in [5, 5.41) is 15.7. The minimum atomic E-state index is -0.0516. The van der Waals surface area contributed by atoms with Gasteiger partial charge in [0.15, 0.2) is 0 Å². The molecule has 0 spiro atoms. The van der Waals surface area contributed by atoms with Gasteiger partial charge in [0.2, 0.25) is 5.91 Å². The molecule has 0 aliphatic rings. The molecule has 1 aromatic carbocycles. The van der Waals surface area contributed by atoms with Crippen LogP contribution in [0.3, 0.4) is 0 Å². The average molecular weight is 259 g/mol. The molecular weight excluding hydrogens is 242 g/mol. The summed E-state index contributed by atoms with van der Waals surface area (Å²) in [6.45, 7) is 0.498. The Morgan fingerprint density at radius 2 is 2.16 bits per heavy atom. The zero-order valence-corrected chi connectivity index (χ0v) is 10.6. The van der Waals surface area contributed by atoms with Crippen LogP contribution in [0.5, 0.6) is 0 Å². The van der Waals surface area contributed by atoms with Gasteiger partial charge in [0, 0.05) is 32.0 Å². The van der Waals surface area contributed by atoms with Crippen molar-refractivity contribution in [2.75, 3.05) is 6.61 Å². The third-order valence-corrected chi connectivity index (χ3v) is 2.78. The molecule has 19 heavy (non-hydrogen) atoms. The summed E-state index contributed by atoms with van der Waals surface area (Å²) in [6, 6.07) is 9.65. The van der Waals surface area contributed by atoms with Crippen LogP contribution in [0, 0.1) is 0 Å². The van der Waals surface area contributed by atoms with Gasteiger partial charge in [0.1, 0.15) is 0 Å². The molecule has 0 atom stereocenters. The van der Waals surface area contributed by atoms with Crippen LogP contribution in [0.2, 0.25) is 0 Å². The van der Waals surface area contributed by atoms with Gasteiger partial charge in [0.25, 0.3) is 0 Å². The summed E-state index contributed by atoms with van der Waals surface area (Å²) in [7, 11) is 0. The lowest BCUT2D eigenvalue weighted by atomic mass is 10.1. The fourth-order valence-corrected chi connectivity index (χ4v) is 1.82. The first-order valence-corrected chi connectivity index (χ1v) is 6.27. The van der Waals surface area contributed by atoms with E-state index in [1.807, 2.05) is 36.5 Å². The molecule has 0 unspecified atom stereocenters. The number of amides is 1. The number of para-hydroxylation sites is 1. The molecule has 1 amide bonds. The van der Waals surface area contributed by atoms with Gasteiger partial charge in [-0.25, -0.2) is 4.68 Å². The lowest BCUT2D eigenvalue weighted by Gasteiger charge is -2.10. The fraction of sp³-hybridized carbons (Fsp3) is 0.286. The first-order chi connectivity index (χ1) is 9.31. The second kappa shape index (κ2) is 6.70. The van der Waals surface area contributed by atoms with Crippen LogP contribution in [0.1, 0.15) is 18.4 Å². The smallest absolute Gasteiger partial charge is 0.220 e. The maximum Gasteiger partial charge on any atom is 0.220 e. The molecule has 2 aromatic rings. The summed E-state index contributed by atoms with van der Waals surface area (Å²) in [6.07, 6.45) is 4.43. The van der Waals surface area contributed by atoms with Crippen molar-refractivity contribution < 1.29 is 9.90 Å². The summed E-state index contributed by atoms with van der Waals surface area (Å²) in [5.41, 5.74) is 1.96. The van der Waals surface area contributed by atoms with E-state index in [0.29, 0.717) is 19.4 Å². The van der Waals surface area contributed by atoms with Crippen molar-refractivity contribution in [3.8, 4) is 5.69 Å². The van der Waals surface area contributed by atoms with E-state index in [1.54, 1.807) is 10.9 Å². The third-order valence-electron chi connectivity index (χ3n) is 2.78. The van der Waals surface area contributed by atoms with E-state index in [1.165, 1.54) is 0 Å². The maximum absolute atomic E-state index is 11.5. The number of aliphatic hydroxyl groups is 1.